The highest BCUT2D eigenvalue weighted by Gasteiger charge is 2.32. The van der Waals surface area contributed by atoms with E-state index in [1.165, 1.54) is 17.4 Å². The number of fused-ring (bicyclic) bond motifs is 1. The van der Waals surface area contributed by atoms with Gasteiger partial charge in [-0.05, 0) is 30.9 Å². The molecule has 24 heavy (non-hydrogen) atoms. The predicted molar refractivity (Wildman–Crippen MR) is 89.5 cm³/mol. The Labute approximate surface area is 137 Å². The van der Waals surface area contributed by atoms with Crippen molar-refractivity contribution in [2.45, 2.75) is 12.8 Å². The first kappa shape index (κ1) is 14.5. The van der Waals surface area contributed by atoms with Gasteiger partial charge in [0.2, 0.25) is 0 Å². The van der Waals surface area contributed by atoms with E-state index >= 15 is 0 Å². The Morgan fingerprint density at radius 2 is 1.92 bits per heavy atom. The van der Waals surface area contributed by atoms with Gasteiger partial charge in [0.25, 0.3) is 17.4 Å². The molecule has 2 heterocycles. The topological polar surface area (TPSA) is 106 Å². The molecule has 122 valence electrons. The summed E-state index contributed by atoms with van der Waals surface area (Å²) in [6, 6.07) is 8.44. The molecule has 1 saturated carbocycles. The molecule has 0 spiro atoms. The van der Waals surface area contributed by atoms with Crippen molar-refractivity contribution < 1.29 is 9.59 Å². The molecule has 7 heteroatoms. The number of nitrogen functional groups attached to an aromatic ring is 1. The summed E-state index contributed by atoms with van der Waals surface area (Å²) in [5.74, 6) is -0.534. The normalized spacial score (nSPS) is 16.0. The summed E-state index contributed by atoms with van der Waals surface area (Å²) >= 11 is 0. The lowest BCUT2D eigenvalue weighted by Gasteiger charge is -2.16. The fourth-order valence-electron chi connectivity index (χ4n) is 2.92. The molecule has 0 bridgehead atoms. The van der Waals surface area contributed by atoms with E-state index in [9.17, 15) is 14.4 Å². The van der Waals surface area contributed by atoms with Crippen LogP contribution in [0.4, 0.5) is 11.5 Å². The molecule has 2 aromatic rings. The molecule has 1 aromatic heterocycles. The summed E-state index contributed by atoms with van der Waals surface area (Å²) in [6.07, 6.45) is 2.41. The van der Waals surface area contributed by atoms with Crippen LogP contribution >= 0.6 is 0 Å². The van der Waals surface area contributed by atoms with Gasteiger partial charge in [-0.15, -0.1) is 0 Å². The Kier molecular flexibility index (Phi) is 3.16. The Bertz CT molecular complexity index is 928. The van der Waals surface area contributed by atoms with E-state index in [1.54, 1.807) is 12.1 Å². The molecular weight excluding hydrogens is 308 g/mol. The first-order valence-electron chi connectivity index (χ1n) is 7.80. The zero-order valence-corrected chi connectivity index (χ0v) is 12.8. The van der Waals surface area contributed by atoms with Crippen molar-refractivity contribution in [1.82, 2.24) is 9.88 Å². The zero-order valence-electron chi connectivity index (χ0n) is 12.8. The van der Waals surface area contributed by atoms with E-state index in [1.807, 2.05) is 12.1 Å². The third-order valence-corrected chi connectivity index (χ3v) is 4.38. The molecule has 7 nitrogen and oxygen atoms in total. The second kappa shape index (κ2) is 5.23. The molecule has 0 atom stereocenters. The van der Waals surface area contributed by atoms with Gasteiger partial charge in [0.15, 0.2) is 0 Å². The zero-order chi connectivity index (χ0) is 16.8. The smallest absolute Gasteiger partial charge is 0.262 e. The lowest BCUT2D eigenvalue weighted by Crippen LogP contribution is -2.25. The minimum absolute atomic E-state index is 0.0264. The standard InChI is InChI=1S/C17H16N4O3/c18-15-14-10(16(23)20-17(14)24)7-13(22)21(15)12-4-2-1-3-11(12)19-8-9-5-6-9/h1-4,7,9,19H,5-6,8,18H2,(H,20,23,24). The van der Waals surface area contributed by atoms with Gasteiger partial charge in [-0.25, -0.2) is 0 Å². The fraction of sp³-hybridized carbons (Fsp3) is 0.235. The molecular formula is C17H16N4O3. The predicted octanol–water partition coefficient (Wildman–Crippen LogP) is 1.13. The molecule has 1 aromatic carbocycles. The lowest BCUT2D eigenvalue weighted by molar-refractivity contribution is 0.0880. The van der Waals surface area contributed by atoms with Gasteiger partial charge in [0.05, 0.1) is 22.5 Å². The SMILES string of the molecule is Nc1c2c(cc(=O)n1-c1ccccc1NCC1CC1)C(=O)NC2=O. The van der Waals surface area contributed by atoms with Gasteiger partial charge < -0.3 is 11.1 Å². The minimum Gasteiger partial charge on any atom is -0.384 e. The number of hydrogen-bond acceptors (Lipinski definition) is 5. The Hall–Kier alpha value is -3.09. The average molecular weight is 324 g/mol. The van der Waals surface area contributed by atoms with E-state index in [-0.39, 0.29) is 16.9 Å². The Morgan fingerprint density at radius 3 is 2.67 bits per heavy atom. The van der Waals surface area contributed by atoms with E-state index in [4.69, 9.17) is 5.73 Å². The quantitative estimate of drug-likeness (QED) is 0.731. The molecule has 4 N–H and O–H groups in total. The van der Waals surface area contributed by atoms with Crippen molar-refractivity contribution in [3.8, 4) is 5.69 Å². The van der Waals surface area contributed by atoms with Crippen LogP contribution in [0.25, 0.3) is 5.69 Å². The number of nitrogens with two attached hydrogens (primary N) is 1. The minimum atomic E-state index is -0.592. The van der Waals surface area contributed by atoms with Crippen molar-refractivity contribution in [3.05, 3.63) is 51.8 Å². The van der Waals surface area contributed by atoms with Crippen molar-refractivity contribution >= 4 is 23.3 Å². The van der Waals surface area contributed by atoms with Crippen LogP contribution in [0.3, 0.4) is 0 Å². The third kappa shape index (κ3) is 2.25. The number of anilines is 2. The summed E-state index contributed by atoms with van der Waals surface area (Å²) in [5.41, 5.74) is 7.05. The van der Waals surface area contributed by atoms with Gasteiger partial charge in [-0.1, -0.05) is 12.1 Å². The summed E-state index contributed by atoms with van der Waals surface area (Å²) in [6.45, 7) is 0.829. The van der Waals surface area contributed by atoms with Crippen LogP contribution in [0, 0.1) is 5.92 Å². The number of nitrogens with zero attached hydrogens (tertiary/aromatic N) is 1. The van der Waals surface area contributed by atoms with Crippen LogP contribution in [0.15, 0.2) is 35.1 Å². The number of amides is 2. The van der Waals surface area contributed by atoms with Gasteiger partial charge in [0.1, 0.15) is 5.82 Å². The van der Waals surface area contributed by atoms with Crippen molar-refractivity contribution in [3.63, 3.8) is 0 Å². The van der Waals surface area contributed by atoms with E-state index < -0.39 is 17.4 Å². The van der Waals surface area contributed by atoms with Crippen molar-refractivity contribution in [2.24, 2.45) is 5.92 Å². The second-order valence-electron chi connectivity index (χ2n) is 6.12. The molecule has 0 unspecified atom stereocenters. The number of carbonyl (C=O) groups is 2. The molecule has 2 aliphatic rings. The monoisotopic (exact) mass is 324 g/mol. The van der Waals surface area contributed by atoms with E-state index in [2.05, 4.69) is 10.6 Å². The Morgan fingerprint density at radius 1 is 1.17 bits per heavy atom. The number of hydrogen-bond donors (Lipinski definition) is 3. The third-order valence-electron chi connectivity index (χ3n) is 4.38. The maximum atomic E-state index is 12.5. The molecule has 0 saturated heterocycles. The molecule has 4 rings (SSSR count). The van der Waals surface area contributed by atoms with Crippen LogP contribution < -0.4 is 21.9 Å². The number of imide groups is 1. The summed E-state index contributed by atoms with van der Waals surface area (Å²) < 4.78 is 1.27. The maximum Gasteiger partial charge on any atom is 0.262 e. The maximum absolute atomic E-state index is 12.5. The molecule has 1 aliphatic carbocycles. The number of nitrogens with one attached hydrogen (secondary N) is 2. The highest BCUT2D eigenvalue weighted by atomic mass is 16.2. The van der Waals surface area contributed by atoms with Crippen molar-refractivity contribution in [2.75, 3.05) is 17.6 Å². The summed E-state index contributed by atoms with van der Waals surface area (Å²) in [7, 11) is 0. The highest BCUT2D eigenvalue weighted by molar-refractivity contribution is 6.23. The first-order chi connectivity index (χ1) is 11.6. The first-order valence-corrected chi connectivity index (χ1v) is 7.80. The highest BCUT2D eigenvalue weighted by Crippen LogP contribution is 2.31. The summed E-state index contributed by atoms with van der Waals surface area (Å²) in [4.78, 5) is 36.2. The molecule has 2 amide bonds. The number of para-hydroxylation sites is 2. The fourth-order valence-corrected chi connectivity index (χ4v) is 2.92. The van der Waals surface area contributed by atoms with E-state index in [0.29, 0.717) is 11.6 Å². The van der Waals surface area contributed by atoms with E-state index in [0.717, 1.165) is 18.3 Å². The van der Waals surface area contributed by atoms with Gasteiger partial charge in [-0.3, -0.25) is 24.3 Å². The van der Waals surface area contributed by atoms with Crippen LogP contribution in [-0.4, -0.2) is 22.9 Å². The van der Waals surface area contributed by atoms with Crippen LogP contribution in [0.1, 0.15) is 33.6 Å². The largest absolute Gasteiger partial charge is 0.384 e. The number of benzene rings is 1. The van der Waals surface area contributed by atoms with Crippen LogP contribution in [0.5, 0.6) is 0 Å². The Balaban J connectivity index is 1.86. The molecule has 1 aliphatic heterocycles. The number of rotatable bonds is 4. The number of carbonyl (C=O) groups excluding carboxylic acids is 2. The van der Waals surface area contributed by atoms with Crippen LogP contribution in [0.2, 0.25) is 0 Å². The molecule has 0 radical (unpaired) electrons. The van der Waals surface area contributed by atoms with Crippen molar-refractivity contribution in [1.29, 1.82) is 0 Å². The summed E-state index contributed by atoms with van der Waals surface area (Å²) in [5, 5.41) is 5.50. The average Bonchev–Trinajstić information content (AvgIpc) is 3.32. The number of pyridine rings is 1. The molecule has 1 fully saturated rings. The second-order valence-corrected chi connectivity index (χ2v) is 6.12. The van der Waals surface area contributed by atoms with Gasteiger partial charge in [-0.2, -0.15) is 0 Å². The van der Waals surface area contributed by atoms with Gasteiger partial charge >= 0.3 is 0 Å². The van der Waals surface area contributed by atoms with Gasteiger partial charge in [0, 0.05) is 12.6 Å². The van der Waals surface area contributed by atoms with Crippen LogP contribution in [-0.2, 0) is 0 Å². The lowest BCUT2D eigenvalue weighted by atomic mass is 10.1. The number of aromatic nitrogens is 1.